The number of carbonyl (C=O) groups excluding carboxylic acids is 1. The molecule has 0 bridgehead atoms. The quantitative estimate of drug-likeness (QED) is 0.535. The lowest BCUT2D eigenvalue weighted by molar-refractivity contribution is -0.137. The Labute approximate surface area is 162 Å². The van der Waals surface area contributed by atoms with Gasteiger partial charge in [0.25, 0.3) is 0 Å². The summed E-state index contributed by atoms with van der Waals surface area (Å²) in [4.78, 5) is 11.3. The van der Waals surface area contributed by atoms with Crippen molar-refractivity contribution in [2.45, 2.75) is 18.3 Å². The summed E-state index contributed by atoms with van der Waals surface area (Å²) in [7, 11) is 0. The van der Waals surface area contributed by atoms with Gasteiger partial charge in [0.1, 0.15) is 5.78 Å². The van der Waals surface area contributed by atoms with E-state index in [0.717, 1.165) is 17.8 Å². The maximum Gasteiger partial charge on any atom is 0.418 e. The summed E-state index contributed by atoms with van der Waals surface area (Å²) in [6, 6.07) is 11.8. The number of benzene rings is 2. The van der Waals surface area contributed by atoms with Crippen LogP contribution in [0.25, 0.3) is 17.1 Å². The highest BCUT2D eigenvalue weighted by Crippen LogP contribution is 2.37. The van der Waals surface area contributed by atoms with Crippen molar-refractivity contribution in [3.05, 3.63) is 59.1 Å². The van der Waals surface area contributed by atoms with Crippen LogP contribution in [-0.2, 0) is 11.0 Å². The van der Waals surface area contributed by atoms with Gasteiger partial charge in [-0.2, -0.15) is 13.2 Å². The fourth-order valence-corrected chi connectivity index (χ4v) is 3.40. The molecule has 0 aliphatic carbocycles. The van der Waals surface area contributed by atoms with Crippen LogP contribution in [0, 0.1) is 0 Å². The summed E-state index contributed by atoms with van der Waals surface area (Å²) in [5.41, 5.74) is -0.421. The predicted octanol–water partition coefficient (Wildman–Crippen LogP) is 5.29. The highest BCUT2D eigenvalue weighted by molar-refractivity contribution is 7.99. The number of hydrogen-bond donors (Lipinski definition) is 0. The Hall–Kier alpha value is -2.32. The van der Waals surface area contributed by atoms with Gasteiger partial charge in [-0.05, 0) is 31.2 Å². The number of para-hydroxylation sites is 1. The minimum Gasteiger partial charge on any atom is -0.299 e. The summed E-state index contributed by atoms with van der Waals surface area (Å²) < 4.78 is 42.0. The molecule has 9 heteroatoms. The van der Waals surface area contributed by atoms with Gasteiger partial charge < -0.3 is 0 Å². The summed E-state index contributed by atoms with van der Waals surface area (Å²) in [6.45, 7) is 1.40. The Kier molecular flexibility index (Phi) is 5.57. The topological polar surface area (TPSA) is 47.8 Å². The second-order valence-corrected chi connectivity index (χ2v) is 7.04. The monoisotopic (exact) mass is 411 g/mol. The zero-order valence-corrected chi connectivity index (χ0v) is 15.6. The molecule has 3 aromatic rings. The van der Waals surface area contributed by atoms with Crippen molar-refractivity contribution in [1.29, 1.82) is 0 Å². The maximum atomic E-state index is 13.5. The number of Topliss-reactive ketones (excluding diaryl/α,β-unsaturated/α-hetero) is 1. The fraction of sp³-hybridized carbons (Fsp3) is 0.167. The highest BCUT2D eigenvalue weighted by Gasteiger charge is 2.35. The number of thioether (sulfide) groups is 1. The van der Waals surface area contributed by atoms with Crippen molar-refractivity contribution in [2.24, 2.45) is 0 Å². The number of ketones is 1. The Morgan fingerprint density at radius 2 is 1.89 bits per heavy atom. The van der Waals surface area contributed by atoms with Crippen LogP contribution in [0.2, 0.25) is 5.02 Å². The second kappa shape index (κ2) is 7.74. The number of hydrogen-bond acceptors (Lipinski definition) is 4. The third kappa shape index (κ3) is 4.33. The van der Waals surface area contributed by atoms with E-state index in [2.05, 4.69) is 10.2 Å². The van der Waals surface area contributed by atoms with Crippen molar-refractivity contribution in [1.82, 2.24) is 14.8 Å². The fourth-order valence-electron chi connectivity index (χ4n) is 2.47. The lowest BCUT2D eigenvalue weighted by Crippen LogP contribution is -2.12. The molecule has 2 aromatic carbocycles. The van der Waals surface area contributed by atoms with Crippen molar-refractivity contribution in [3.8, 4) is 17.1 Å². The van der Waals surface area contributed by atoms with Crippen LogP contribution in [0.1, 0.15) is 12.5 Å². The normalized spacial score (nSPS) is 11.6. The minimum atomic E-state index is -4.56. The third-order valence-corrected chi connectivity index (χ3v) is 4.88. The van der Waals surface area contributed by atoms with Gasteiger partial charge in [0.15, 0.2) is 11.0 Å². The summed E-state index contributed by atoms with van der Waals surface area (Å²) >= 11 is 7.05. The van der Waals surface area contributed by atoms with Crippen molar-refractivity contribution >= 4 is 29.1 Å². The van der Waals surface area contributed by atoms with Crippen LogP contribution < -0.4 is 0 Å². The van der Waals surface area contributed by atoms with E-state index in [4.69, 9.17) is 11.6 Å². The number of carbonyl (C=O) groups is 1. The van der Waals surface area contributed by atoms with Crippen molar-refractivity contribution < 1.29 is 18.0 Å². The lowest BCUT2D eigenvalue weighted by atomic mass is 10.1. The Balaban J connectivity index is 2.23. The van der Waals surface area contributed by atoms with Crippen LogP contribution >= 0.6 is 23.4 Å². The van der Waals surface area contributed by atoms with Gasteiger partial charge in [0.05, 0.1) is 17.0 Å². The van der Waals surface area contributed by atoms with Gasteiger partial charge in [-0.3, -0.25) is 9.36 Å². The Morgan fingerprint density at radius 3 is 2.56 bits per heavy atom. The molecule has 0 radical (unpaired) electrons. The van der Waals surface area contributed by atoms with E-state index in [1.165, 1.54) is 29.7 Å². The molecule has 0 saturated carbocycles. The molecule has 0 unspecified atom stereocenters. The first-order valence-corrected chi connectivity index (χ1v) is 9.14. The summed E-state index contributed by atoms with van der Waals surface area (Å²) in [5.74, 6) is 0.158. The molecule has 0 amide bonds. The van der Waals surface area contributed by atoms with Gasteiger partial charge >= 0.3 is 6.18 Å². The highest BCUT2D eigenvalue weighted by atomic mass is 35.5. The predicted molar refractivity (Wildman–Crippen MR) is 98.2 cm³/mol. The molecule has 4 nitrogen and oxygen atoms in total. The third-order valence-electron chi connectivity index (χ3n) is 3.57. The lowest BCUT2D eigenvalue weighted by Gasteiger charge is -2.16. The standard InChI is InChI=1S/C18H13ClF3N3OS/c1-11(26)10-27-17-24-23-16(12-5-4-6-13(19)9-12)25(17)15-8-3-2-7-14(15)18(20,21)22/h2-9H,10H2,1H3. The largest absolute Gasteiger partial charge is 0.418 e. The van der Waals surface area contributed by atoms with E-state index >= 15 is 0 Å². The number of aromatic nitrogens is 3. The smallest absolute Gasteiger partial charge is 0.299 e. The van der Waals surface area contributed by atoms with Gasteiger partial charge in [-0.15, -0.1) is 10.2 Å². The molecule has 0 atom stereocenters. The van der Waals surface area contributed by atoms with E-state index in [0.29, 0.717) is 10.6 Å². The zero-order valence-electron chi connectivity index (χ0n) is 14.0. The molecule has 27 heavy (non-hydrogen) atoms. The second-order valence-electron chi connectivity index (χ2n) is 5.66. The first-order chi connectivity index (χ1) is 12.8. The van der Waals surface area contributed by atoms with Gasteiger partial charge in [-0.25, -0.2) is 0 Å². The van der Waals surface area contributed by atoms with Gasteiger partial charge in [-0.1, -0.05) is 47.6 Å². The SMILES string of the molecule is CC(=O)CSc1nnc(-c2cccc(Cl)c2)n1-c1ccccc1C(F)(F)F. The molecule has 3 rings (SSSR count). The zero-order chi connectivity index (χ0) is 19.6. The summed E-state index contributed by atoms with van der Waals surface area (Å²) in [5, 5.41) is 8.68. The molecule has 0 aliphatic heterocycles. The number of rotatable bonds is 5. The molecule has 1 heterocycles. The van der Waals surface area contributed by atoms with E-state index in [-0.39, 0.29) is 28.2 Å². The van der Waals surface area contributed by atoms with Gasteiger partial charge in [0, 0.05) is 10.6 Å². The average molecular weight is 412 g/mol. The average Bonchev–Trinajstić information content (AvgIpc) is 3.03. The van der Waals surface area contributed by atoms with E-state index in [1.807, 2.05) is 0 Å². The Bertz CT molecular complexity index is 988. The molecule has 140 valence electrons. The van der Waals surface area contributed by atoms with Crippen molar-refractivity contribution in [2.75, 3.05) is 5.75 Å². The molecule has 0 saturated heterocycles. The molecule has 0 aliphatic rings. The Morgan fingerprint density at radius 1 is 1.15 bits per heavy atom. The van der Waals surface area contributed by atoms with Crippen molar-refractivity contribution in [3.63, 3.8) is 0 Å². The molecule has 0 fully saturated rings. The van der Waals surface area contributed by atoms with E-state index in [9.17, 15) is 18.0 Å². The molecular weight excluding hydrogens is 399 g/mol. The number of alkyl halides is 3. The van der Waals surface area contributed by atoms with Gasteiger partial charge in [0.2, 0.25) is 0 Å². The molecule has 0 N–H and O–H groups in total. The van der Waals surface area contributed by atoms with E-state index < -0.39 is 11.7 Å². The van der Waals surface area contributed by atoms with E-state index in [1.54, 1.807) is 24.3 Å². The molecule has 1 aromatic heterocycles. The first-order valence-electron chi connectivity index (χ1n) is 7.77. The number of halogens is 4. The minimum absolute atomic E-state index is 0.0713. The maximum absolute atomic E-state index is 13.5. The van der Waals surface area contributed by atoms with Crippen LogP contribution in [0.4, 0.5) is 13.2 Å². The first kappa shape index (κ1) is 19.4. The summed E-state index contributed by atoms with van der Waals surface area (Å²) in [6.07, 6.45) is -4.56. The number of nitrogens with zero attached hydrogens (tertiary/aromatic N) is 3. The van der Waals surface area contributed by atoms with Crippen LogP contribution in [0.3, 0.4) is 0 Å². The molecule has 0 spiro atoms. The molecular formula is C18H13ClF3N3OS. The van der Waals surface area contributed by atoms with Crippen LogP contribution in [-0.4, -0.2) is 26.3 Å². The van der Waals surface area contributed by atoms with Crippen LogP contribution in [0.15, 0.2) is 53.7 Å². The van der Waals surface area contributed by atoms with Crippen LogP contribution in [0.5, 0.6) is 0 Å².